The molecule has 1 aromatic carbocycles. The maximum atomic E-state index is 7.69. The zero-order valence-corrected chi connectivity index (χ0v) is 21.8. The van der Waals surface area contributed by atoms with Gasteiger partial charge >= 0.3 is 0 Å². The van der Waals surface area contributed by atoms with E-state index in [1.807, 2.05) is 12.5 Å². The van der Waals surface area contributed by atoms with E-state index < -0.39 is 20.6 Å². The Hall–Kier alpha value is -3.11. The van der Waals surface area contributed by atoms with Crippen molar-refractivity contribution in [1.29, 1.82) is 0 Å². The Morgan fingerprint density at radius 1 is 1.23 bits per heavy atom. The fourth-order valence-corrected chi connectivity index (χ4v) is 4.11. The molecule has 0 saturated heterocycles. The summed E-state index contributed by atoms with van der Waals surface area (Å²) in [4.78, 5) is 13.0. The number of hydrogen-bond donors (Lipinski definition) is 0. The molecule has 0 N–H and O–H groups in total. The van der Waals surface area contributed by atoms with E-state index in [0.29, 0.717) is 27.3 Å². The molecule has 0 aliphatic rings. The van der Waals surface area contributed by atoms with Crippen molar-refractivity contribution in [3.63, 3.8) is 0 Å². The van der Waals surface area contributed by atoms with Gasteiger partial charge in [0.05, 0.1) is 1.37 Å². The summed E-state index contributed by atoms with van der Waals surface area (Å²) in [7, 11) is 0. The zero-order valence-electron chi connectivity index (χ0n) is 29.6. The molecule has 0 aliphatic carbocycles. The van der Waals surface area contributed by atoms with E-state index >= 15 is 0 Å². The van der Waals surface area contributed by atoms with Crippen LogP contribution in [0.25, 0.3) is 31.6 Å². The Kier molecular flexibility index (Phi) is 5.91. The second-order valence-electron chi connectivity index (χ2n) is 7.03. The minimum absolute atomic E-state index is 0. The zero-order chi connectivity index (χ0) is 33.6. The predicted molar refractivity (Wildman–Crippen MR) is 150 cm³/mol. The van der Waals surface area contributed by atoms with Crippen LogP contribution < -0.4 is 0 Å². The fraction of sp³-hybridized carbons (Fsp3) is 0.133. The minimum atomic E-state index is -2.48. The van der Waals surface area contributed by atoms with E-state index in [-0.39, 0.29) is 42.6 Å². The van der Waals surface area contributed by atoms with Gasteiger partial charge < -0.3 is 9.98 Å². The maximum Gasteiger partial charge on any atom is 0.113 e. The summed E-state index contributed by atoms with van der Waals surface area (Å²) in [6.45, 7) is 2.24. The molecule has 3 aromatic heterocycles. The fourth-order valence-electron chi connectivity index (χ4n) is 2.93. The third-order valence-corrected chi connectivity index (χ3v) is 5.65. The van der Waals surface area contributed by atoms with Crippen molar-refractivity contribution in [2.75, 3.05) is 0 Å². The molecule has 1 radical (unpaired) electrons. The number of pyridine rings is 2. The molecule has 0 bridgehead atoms. The molecule has 181 valence electrons. The number of aromatic nitrogens is 2. The molecule has 0 saturated carbocycles. The van der Waals surface area contributed by atoms with Crippen LogP contribution in [0, 0.1) is 26.2 Å². The standard InChI is InChI=1S/C18H15N2S.C12H14N.Ir/c1-11(2)10-19-13(4)14-6-5-7-15-16-9-8-12(3)20-18(16)21-17(14)15;1-4-5-6-11(3)12-8-7-10(2)9-13-12;/h5,7-10H,1,4H2,2-3H3;4,6-9H,1,3,5H2,2H3;/q2*-1;/i1D,2D3,3D3,4D;2D3;. The van der Waals surface area contributed by atoms with Gasteiger partial charge in [0.25, 0.3) is 0 Å². The summed E-state index contributed by atoms with van der Waals surface area (Å²) in [5, 5.41) is 1.58. The Bertz CT molecular complexity index is 1770. The van der Waals surface area contributed by atoms with Crippen molar-refractivity contribution >= 4 is 49.1 Å². The normalized spacial score (nSPS) is 17.3. The van der Waals surface area contributed by atoms with E-state index in [0.717, 1.165) is 35.5 Å². The van der Waals surface area contributed by atoms with Gasteiger partial charge in [0.1, 0.15) is 4.83 Å². The van der Waals surface area contributed by atoms with Crippen LogP contribution in [0.1, 0.15) is 50.9 Å². The maximum absolute atomic E-state index is 7.69. The molecule has 3 heterocycles. The quantitative estimate of drug-likeness (QED) is 0.113. The molecule has 0 spiro atoms. The minimum Gasteiger partial charge on any atom is -0.320 e. The summed E-state index contributed by atoms with van der Waals surface area (Å²) < 4.78 is 82.1. The largest absolute Gasteiger partial charge is 0.320 e. The van der Waals surface area contributed by atoms with Crippen LogP contribution in [0.15, 0.2) is 85.5 Å². The van der Waals surface area contributed by atoms with Gasteiger partial charge in [-0.05, 0) is 59.2 Å². The first-order chi connectivity index (χ1) is 21.0. The average molecular weight is 667 g/mol. The Morgan fingerprint density at radius 2 is 2.14 bits per heavy atom. The molecule has 0 unspecified atom stereocenters. The average Bonchev–Trinajstić information content (AvgIpc) is 3.35. The monoisotopic (exact) mass is 667 g/mol. The van der Waals surface area contributed by atoms with Crippen molar-refractivity contribution < 1.29 is 35.2 Å². The van der Waals surface area contributed by atoms with Gasteiger partial charge in [-0.25, -0.2) is 4.98 Å². The van der Waals surface area contributed by atoms with Gasteiger partial charge in [0.2, 0.25) is 0 Å². The van der Waals surface area contributed by atoms with Crippen molar-refractivity contribution in [2.24, 2.45) is 4.99 Å². The second-order valence-corrected chi connectivity index (χ2v) is 8.03. The molecule has 4 rings (SSSR count). The van der Waals surface area contributed by atoms with Crippen molar-refractivity contribution in [2.45, 2.75) is 27.0 Å². The van der Waals surface area contributed by atoms with E-state index in [1.54, 1.807) is 30.3 Å². The van der Waals surface area contributed by atoms with Gasteiger partial charge in [0.15, 0.2) is 0 Å². The topological polar surface area (TPSA) is 38.1 Å². The molecule has 5 heteroatoms. The van der Waals surface area contributed by atoms with Crippen LogP contribution in [0.3, 0.4) is 0 Å². The van der Waals surface area contributed by atoms with Gasteiger partial charge in [0, 0.05) is 51.9 Å². The number of benzene rings is 1. The number of fused-ring (bicyclic) bond motifs is 3. The first kappa shape index (κ1) is 15.8. The van der Waals surface area contributed by atoms with Crippen LogP contribution in [0.2, 0.25) is 0 Å². The number of rotatable bonds is 7. The summed E-state index contributed by atoms with van der Waals surface area (Å²) in [5.74, 6) is 0. The van der Waals surface area contributed by atoms with E-state index in [4.69, 9.17) is 15.1 Å². The molecule has 0 amide bonds. The summed E-state index contributed by atoms with van der Waals surface area (Å²) in [5.41, 5.74) is 2.09. The number of aryl methyl sites for hydroxylation is 2. The molecule has 4 aromatic rings. The third-order valence-electron chi connectivity index (χ3n) is 4.52. The molecule has 35 heavy (non-hydrogen) atoms. The Balaban J connectivity index is 0.000000369. The smallest absolute Gasteiger partial charge is 0.113 e. The van der Waals surface area contributed by atoms with Gasteiger partial charge in [-0.2, -0.15) is 29.9 Å². The van der Waals surface area contributed by atoms with Gasteiger partial charge in [-0.15, -0.1) is 36.9 Å². The van der Waals surface area contributed by atoms with Crippen LogP contribution in [-0.4, -0.2) is 16.2 Å². The van der Waals surface area contributed by atoms with E-state index in [2.05, 4.69) is 34.2 Å². The number of thiophene rings is 1. The molecular formula is C30H29IrN3S-2. The first-order valence-corrected chi connectivity index (χ1v) is 10.9. The Morgan fingerprint density at radius 3 is 2.83 bits per heavy atom. The summed E-state index contributed by atoms with van der Waals surface area (Å²) in [6.07, 6.45) is 6.80. The number of aliphatic imine (C=N–C) groups is 1. The van der Waals surface area contributed by atoms with Crippen LogP contribution in [-0.2, 0) is 20.1 Å². The number of nitrogens with zero attached hydrogens (tertiary/aromatic N) is 3. The molecule has 0 aliphatic heterocycles. The van der Waals surface area contributed by atoms with Crippen molar-refractivity contribution in [3.8, 4) is 0 Å². The molecule has 0 fully saturated rings. The molecule has 3 nitrogen and oxygen atoms in total. The van der Waals surface area contributed by atoms with Crippen LogP contribution >= 0.6 is 11.3 Å². The molecular weight excluding hydrogens is 627 g/mol. The summed E-state index contributed by atoms with van der Waals surface area (Å²) in [6, 6.07) is 12.9. The third kappa shape index (κ3) is 7.43. The van der Waals surface area contributed by atoms with Crippen LogP contribution in [0.4, 0.5) is 0 Å². The summed E-state index contributed by atoms with van der Waals surface area (Å²) >= 11 is 1.25. The number of allylic oxidation sites excluding steroid dienone is 3. The molecule has 0 atom stereocenters. The van der Waals surface area contributed by atoms with Gasteiger partial charge in [-0.1, -0.05) is 42.6 Å². The second kappa shape index (κ2) is 13.1. The van der Waals surface area contributed by atoms with E-state index in [1.165, 1.54) is 23.6 Å². The van der Waals surface area contributed by atoms with Crippen molar-refractivity contribution in [1.82, 2.24) is 9.97 Å². The van der Waals surface area contributed by atoms with Crippen molar-refractivity contribution in [3.05, 3.63) is 116 Å². The van der Waals surface area contributed by atoms with Gasteiger partial charge in [-0.3, -0.25) is 0 Å². The predicted octanol–water partition coefficient (Wildman–Crippen LogP) is 8.36. The van der Waals surface area contributed by atoms with Crippen LogP contribution in [0.5, 0.6) is 0 Å². The van der Waals surface area contributed by atoms with E-state index in [9.17, 15) is 0 Å². The SMILES string of the molecule is [2H]C([2H])([2H])c1ccc(C(=C)[CH-]CC=C)nc1.[2H]C=C(N=CC(=C[2H])C([2H])([2H])[2H])c1[c-]ccc2c1sc1nc(C([2H])([2H])[2H])ccc12.[Ir]. The Labute approximate surface area is 241 Å². The number of hydrogen-bond acceptors (Lipinski definition) is 4. The first-order valence-electron chi connectivity index (χ1n) is 15.7.